The first-order valence-corrected chi connectivity index (χ1v) is 10.1. The van der Waals surface area contributed by atoms with Gasteiger partial charge in [-0.3, -0.25) is 9.10 Å². The van der Waals surface area contributed by atoms with E-state index in [-0.39, 0.29) is 17.3 Å². The lowest BCUT2D eigenvalue weighted by Crippen LogP contribution is -2.31. The largest absolute Gasteiger partial charge is 0.493 e. The molecule has 0 saturated carbocycles. The van der Waals surface area contributed by atoms with Crippen molar-refractivity contribution < 1.29 is 22.7 Å². The molecule has 2 aromatic rings. The van der Waals surface area contributed by atoms with Crippen molar-refractivity contribution in [2.75, 3.05) is 31.8 Å². The van der Waals surface area contributed by atoms with Crippen molar-refractivity contribution in [3.8, 4) is 11.5 Å². The van der Waals surface area contributed by atoms with E-state index in [1.54, 1.807) is 0 Å². The molecular weight excluding hydrogens is 368 g/mol. The van der Waals surface area contributed by atoms with E-state index in [2.05, 4.69) is 5.32 Å². The number of ether oxygens (including phenoxy) is 2. The highest BCUT2D eigenvalue weighted by molar-refractivity contribution is 7.92. The Morgan fingerprint density at radius 1 is 1.07 bits per heavy atom. The van der Waals surface area contributed by atoms with Crippen LogP contribution in [0.5, 0.6) is 11.5 Å². The first-order valence-electron chi connectivity index (χ1n) is 8.24. The Labute approximate surface area is 160 Å². The molecule has 1 amide bonds. The number of hydrogen-bond donors (Lipinski definition) is 1. The van der Waals surface area contributed by atoms with E-state index in [1.807, 2.05) is 37.3 Å². The summed E-state index contributed by atoms with van der Waals surface area (Å²) in [6.45, 7) is 1.86. The van der Waals surface area contributed by atoms with Gasteiger partial charge in [-0.05, 0) is 18.6 Å². The van der Waals surface area contributed by atoms with Gasteiger partial charge in [0.15, 0.2) is 11.5 Å². The van der Waals surface area contributed by atoms with Crippen molar-refractivity contribution in [1.82, 2.24) is 5.32 Å². The number of anilines is 1. The Bertz CT molecular complexity index is 913. The zero-order chi connectivity index (χ0) is 20.2. The molecule has 0 fully saturated rings. The molecule has 0 saturated heterocycles. The number of sulfonamides is 1. The fraction of sp³-hybridized carbons (Fsp3) is 0.316. The summed E-state index contributed by atoms with van der Waals surface area (Å²) in [4.78, 5) is 12.9. The second-order valence-corrected chi connectivity index (χ2v) is 8.07. The highest BCUT2D eigenvalue weighted by Gasteiger charge is 2.24. The number of nitrogens with one attached hydrogen (secondary N) is 1. The van der Waals surface area contributed by atoms with Crippen molar-refractivity contribution in [2.24, 2.45) is 0 Å². The Morgan fingerprint density at radius 3 is 2.15 bits per heavy atom. The van der Waals surface area contributed by atoms with Crippen LogP contribution in [0.4, 0.5) is 5.69 Å². The van der Waals surface area contributed by atoms with Gasteiger partial charge in [-0.25, -0.2) is 8.42 Å². The third-order valence-corrected chi connectivity index (χ3v) is 5.42. The van der Waals surface area contributed by atoms with E-state index in [0.717, 1.165) is 16.1 Å². The van der Waals surface area contributed by atoms with Crippen LogP contribution in [0.15, 0.2) is 42.5 Å². The molecule has 0 aliphatic heterocycles. The number of nitrogens with zero attached hydrogens (tertiary/aromatic N) is 1. The summed E-state index contributed by atoms with van der Waals surface area (Å²) in [6.07, 6.45) is 1.07. The molecule has 0 radical (unpaired) electrons. The second kappa shape index (κ2) is 8.30. The minimum atomic E-state index is -3.58. The molecule has 1 atom stereocenters. The Balaban J connectivity index is 2.48. The van der Waals surface area contributed by atoms with Crippen LogP contribution in [0.25, 0.3) is 0 Å². The normalized spacial score (nSPS) is 12.2. The predicted octanol–water partition coefficient (Wildman–Crippen LogP) is 2.59. The van der Waals surface area contributed by atoms with E-state index in [9.17, 15) is 13.2 Å². The molecule has 0 heterocycles. The van der Waals surface area contributed by atoms with Crippen molar-refractivity contribution in [3.05, 3.63) is 53.6 Å². The first-order chi connectivity index (χ1) is 12.7. The van der Waals surface area contributed by atoms with E-state index in [4.69, 9.17) is 9.47 Å². The molecule has 0 spiro atoms. The zero-order valence-corrected chi connectivity index (χ0v) is 16.8. The van der Waals surface area contributed by atoms with Gasteiger partial charge in [-0.15, -0.1) is 0 Å². The van der Waals surface area contributed by atoms with Gasteiger partial charge < -0.3 is 14.8 Å². The van der Waals surface area contributed by atoms with Gasteiger partial charge in [0, 0.05) is 13.1 Å². The molecule has 1 unspecified atom stereocenters. The van der Waals surface area contributed by atoms with Crippen molar-refractivity contribution >= 4 is 21.6 Å². The van der Waals surface area contributed by atoms with Gasteiger partial charge in [0.05, 0.1) is 37.8 Å². The zero-order valence-electron chi connectivity index (χ0n) is 16.0. The van der Waals surface area contributed by atoms with Gasteiger partial charge >= 0.3 is 0 Å². The summed E-state index contributed by atoms with van der Waals surface area (Å²) < 4.78 is 35.6. The predicted molar refractivity (Wildman–Crippen MR) is 105 cm³/mol. The Hall–Kier alpha value is -2.74. The number of amides is 1. The van der Waals surface area contributed by atoms with Crippen LogP contribution in [0, 0.1) is 0 Å². The number of benzene rings is 2. The van der Waals surface area contributed by atoms with Crippen LogP contribution < -0.4 is 19.1 Å². The summed E-state index contributed by atoms with van der Waals surface area (Å²) in [6, 6.07) is 12.2. The highest BCUT2D eigenvalue weighted by atomic mass is 32.2. The van der Waals surface area contributed by atoms with Crippen molar-refractivity contribution in [3.63, 3.8) is 0 Å². The number of methoxy groups -OCH3 is 2. The van der Waals surface area contributed by atoms with Crippen molar-refractivity contribution in [1.29, 1.82) is 0 Å². The average Bonchev–Trinajstić information content (AvgIpc) is 2.66. The summed E-state index contributed by atoms with van der Waals surface area (Å²) in [5.74, 6) is 0.245. The number of carbonyl (C=O) groups is 1. The molecule has 7 nitrogen and oxygen atoms in total. The monoisotopic (exact) mass is 392 g/mol. The number of carbonyl (C=O) groups excluding carboxylic acids is 1. The summed E-state index contributed by atoms with van der Waals surface area (Å²) in [7, 11) is 0.697. The molecule has 0 bridgehead atoms. The third-order valence-electron chi connectivity index (χ3n) is 4.23. The average molecular weight is 392 g/mol. The molecule has 1 N–H and O–H groups in total. The van der Waals surface area contributed by atoms with Gasteiger partial charge in [-0.1, -0.05) is 30.3 Å². The van der Waals surface area contributed by atoms with Gasteiger partial charge in [0.1, 0.15) is 0 Å². The maximum atomic E-state index is 12.9. The van der Waals surface area contributed by atoms with E-state index in [0.29, 0.717) is 11.5 Å². The standard InChI is InChI=1S/C19H24N2O5S/c1-13(14-9-7-6-8-10-14)20-19(22)15-11-17(25-3)18(26-4)12-16(15)21(2)27(5,23)24/h6-13H,1-5H3,(H,20,22). The molecule has 0 aromatic heterocycles. The lowest BCUT2D eigenvalue weighted by atomic mass is 10.1. The van der Waals surface area contributed by atoms with Crippen LogP contribution >= 0.6 is 0 Å². The Morgan fingerprint density at radius 2 is 1.63 bits per heavy atom. The molecule has 8 heteroatoms. The number of rotatable bonds is 7. The van der Waals surface area contributed by atoms with Crippen LogP contribution in [-0.2, 0) is 10.0 Å². The molecule has 27 heavy (non-hydrogen) atoms. The van der Waals surface area contributed by atoms with Gasteiger partial charge in [0.25, 0.3) is 5.91 Å². The highest BCUT2D eigenvalue weighted by Crippen LogP contribution is 2.35. The summed E-state index contributed by atoms with van der Waals surface area (Å²) in [5, 5.41) is 2.89. The Kier molecular flexibility index (Phi) is 6.32. The third kappa shape index (κ3) is 4.71. The first kappa shape index (κ1) is 20.6. The lowest BCUT2D eigenvalue weighted by molar-refractivity contribution is 0.0940. The topological polar surface area (TPSA) is 84.9 Å². The maximum Gasteiger partial charge on any atom is 0.254 e. The fourth-order valence-corrected chi connectivity index (χ4v) is 3.10. The van der Waals surface area contributed by atoms with Crippen LogP contribution in [0.1, 0.15) is 28.9 Å². The number of hydrogen-bond acceptors (Lipinski definition) is 5. The van der Waals surface area contributed by atoms with Crippen molar-refractivity contribution in [2.45, 2.75) is 13.0 Å². The molecule has 0 aliphatic carbocycles. The minimum absolute atomic E-state index is 0.170. The molecule has 2 aromatic carbocycles. The second-order valence-electron chi connectivity index (χ2n) is 6.06. The van der Waals surface area contributed by atoms with E-state index < -0.39 is 15.9 Å². The molecule has 0 aliphatic rings. The van der Waals surface area contributed by atoms with Crippen LogP contribution in [0.3, 0.4) is 0 Å². The van der Waals surface area contributed by atoms with Gasteiger partial charge in [-0.2, -0.15) is 0 Å². The SMILES string of the molecule is COc1cc(C(=O)NC(C)c2ccccc2)c(N(C)S(C)(=O)=O)cc1OC. The van der Waals surface area contributed by atoms with Crippen LogP contribution in [0.2, 0.25) is 0 Å². The van der Waals surface area contributed by atoms with E-state index >= 15 is 0 Å². The molecular formula is C19H24N2O5S. The lowest BCUT2D eigenvalue weighted by Gasteiger charge is -2.23. The summed E-state index contributed by atoms with van der Waals surface area (Å²) in [5.41, 5.74) is 1.31. The minimum Gasteiger partial charge on any atom is -0.493 e. The molecule has 146 valence electrons. The van der Waals surface area contributed by atoms with E-state index in [1.165, 1.54) is 33.4 Å². The smallest absolute Gasteiger partial charge is 0.254 e. The maximum absolute atomic E-state index is 12.9. The van der Waals surface area contributed by atoms with Gasteiger partial charge in [0.2, 0.25) is 10.0 Å². The molecule has 2 rings (SSSR count). The fourth-order valence-electron chi connectivity index (χ4n) is 2.59. The van der Waals surface area contributed by atoms with Crippen LogP contribution in [-0.4, -0.2) is 41.8 Å². The quantitative estimate of drug-likeness (QED) is 0.783. The summed E-state index contributed by atoms with van der Waals surface area (Å²) >= 11 is 0.